The van der Waals surface area contributed by atoms with E-state index in [1.807, 2.05) is 0 Å². The highest BCUT2D eigenvalue weighted by atomic mass is 19.4. The van der Waals surface area contributed by atoms with Crippen molar-refractivity contribution in [2.45, 2.75) is 26.4 Å². The van der Waals surface area contributed by atoms with Crippen molar-refractivity contribution in [2.24, 2.45) is 4.99 Å². The fourth-order valence-corrected chi connectivity index (χ4v) is 1.16. The summed E-state index contributed by atoms with van der Waals surface area (Å²) in [6, 6.07) is 0. The van der Waals surface area contributed by atoms with Gasteiger partial charge in [-0.05, 0) is 25.8 Å². The average molecular weight is 192 g/mol. The van der Waals surface area contributed by atoms with Gasteiger partial charge in [-0.15, -0.1) is 0 Å². The molecule has 0 aromatic rings. The van der Waals surface area contributed by atoms with Crippen molar-refractivity contribution < 1.29 is 13.2 Å². The summed E-state index contributed by atoms with van der Waals surface area (Å²) >= 11 is 0. The molecule has 0 saturated heterocycles. The smallest absolute Gasteiger partial charge is 0.340 e. The molecule has 0 aromatic heterocycles. The zero-order valence-corrected chi connectivity index (χ0v) is 7.50. The number of nitrogens with zero attached hydrogens (tertiary/aromatic N) is 1. The third-order valence-electron chi connectivity index (χ3n) is 1.85. The number of allylic oxidation sites excluding steroid dienone is 1. The molecule has 5 heteroatoms. The van der Waals surface area contributed by atoms with Gasteiger partial charge in [0.15, 0.2) is 0 Å². The summed E-state index contributed by atoms with van der Waals surface area (Å²) in [6.07, 6.45) is -3.94. The van der Waals surface area contributed by atoms with Crippen LogP contribution in [0.15, 0.2) is 16.3 Å². The molecule has 1 N–H and O–H groups in total. The molecule has 13 heavy (non-hydrogen) atoms. The van der Waals surface area contributed by atoms with E-state index in [2.05, 4.69) is 10.3 Å². The lowest BCUT2D eigenvalue weighted by Gasteiger charge is -2.14. The molecule has 0 radical (unpaired) electrons. The van der Waals surface area contributed by atoms with Crippen LogP contribution in [0.25, 0.3) is 0 Å². The summed E-state index contributed by atoms with van der Waals surface area (Å²) < 4.78 is 37.1. The van der Waals surface area contributed by atoms with Crippen molar-refractivity contribution in [3.8, 4) is 0 Å². The molecule has 2 nitrogen and oxygen atoms in total. The van der Waals surface area contributed by atoms with Gasteiger partial charge in [0.05, 0.1) is 5.84 Å². The second-order valence-corrected chi connectivity index (χ2v) is 3.00. The number of nitrogens with one attached hydrogen (secondary N) is 1. The monoisotopic (exact) mass is 192 g/mol. The lowest BCUT2D eigenvalue weighted by molar-refractivity contribution is -0.0957. The van der Waals surface area contributed by atoms with Crippen LogP contribution in [0.3, 0.4) is 0 Å². The molecule has 0 bridgehead atoms. The zero-order chi connectivity index (χ0) is 10.1. The Morgan fingerprint density at radius 2 is 1.92 bits per heavy atom. The number of amidine groups is 1. The quantitative estimate of drug-likeness (QED) is 0.625. The number of alkyl halides is 3. The summed E-state index contributed by atoms with van der Waals surface area (Å²) in [4.78, 5) is 3.90. The van der Waals surface area contributed by atoms with Crippen LogP contribution in [0.5, 0.6) is 0 Å². The molecular formula is C8H11F3N2. The van der Waals surface area contributed by atoms with Gasteiger partial charge in [0.1, 0.15) is 5.70 Å². The van der Waals surface area contributed by atoms with Crippen molar-refractivity contribution in [1.29, 1.82) is 0 Å². The van der Waals surface area contributed by atoms with Crippen molar-refractivity contribution in [2.75, 3.05) is 6.54 Å². The second kappa shape index (κ2) is 3.40. The first-order valence-electron chi connectivity index (χ1n) is 3.96. The highest BCUT2D eigenvalue weighted by molar-refractivity contribution is 5.81. The molecule has 0 aliphatic carbocycles. The number of aliphatic imine (C=N–C) groups is 1. The highest BCUT2D eigenvalue weighted by Gasteiger charge is 2.36. The largest absolute Gasteiger partial charge is 0.431 e. The first-order valence-corrected chi connectivity index (χ1v) is 3.96. The minimum Gasteiger partial charge on any atom is -0.340 e. The van der Waals surface area contributed by atoms with Gasteiger partial charge in [0, 0.05) is 6.54 Å². The van der Waals surface area contributed by atoms with Crippen LogP contribution in [-0.4, -0.2) is 18.6 Å². The van der Waals surface area contributed by atoms with Gasteiger partial charge in [0.25, 0.3) is 0 Å². The van der Waals surface area contributed by atoms with E-state index in [4.69, 9.17) is 0 Å². The van der Waals surface area contributed by atoms with E-state index < -0.39 is 11.9 Å². The Bertz CT molecular complexity index is 263. The topological polar surface area (TPSA) is 24.4 Å². The third kappa shape index (κ3) is 2.47. The average Bonchev–Trinajstić information content (AvgIpc) is 2.11. The van der Waals surface area contributed by atoms with Crippen LogP contribution in [0, 0.1) is 0 Å². The van der Waals surface area contributed by atoms with E-state index in [0.717, 1.165) is 0 Å². The molecule has 0 aromatic carbocycles. The Labute approximate surface area is 74.5 Å². The molecular weight excluding hydrogens is 181 g/mol. The fraction of sp³-hybridized carbons (Fsp3) is 0.625. The van der Waals surface area contributed by atoms with Crippen molar-refractivity contribution in [1.82, 2.24) is 5.32 Å². The molecule has 0 spiro atoms. The van der Waals surface area contributed by atoms with E-state index >= 15 is 0 Å². The molecule has 0 amide bonds. The summed E-state index contributed by atoms with van der Waals surface area (Å²) in [7, 11) is 0. The van der Waals surface area contributed by atoms with Crippen LogP contribution in [-0.2, 0) is 0 Å². The van der Waals surface area contributed by atoms with E-state index in [9.17, 15) is 13.2 Å². The lowest BCUT2D eigenvalue weighted by atomic mass is 10.1. The molecule has 0 atom stereocenters. The van der Waals surface area contributed by atoms with Crippen molar-refractivity contribution >= 4 is 5.84 Å². The molecule has 0 unspecified atom stereocenters. The summed E-state index contributed by atoms with van der Waals surface area (Å²) in [5.74, 6) is 0.323. The molecule has 1 aliphatic rings. The van der Waals surface area contributed by atoms with E-state index in [-0.39, 0.29) is 0 Å². The fourth-order valence-electron chi connectivity index (χ4n) is 1.16. The summed E-state index contributed by atoms with van der Waals surface area (Å²) in [5, 5.41) is 2.27. The minimum absolute atomic E-state index is 0.313. The predicted molar refractivity (Wildman–Crippen MR) is 44.5 cm³/mol. The van der Waals surface area contributed by atoms with Gasteiger partial charge < -0.3 is 5.32 Å². The number of halogens is 3. The Kier molecular flexibility index (Phi) is 2.63. The highest BCUT2D eigenvalue weighted by Crippen LogP contribution is 2.28. The molecule has 74 valence electrons. The van der Waals surface area contributed by atoms with Gasteiger partial charge >= 0.3 is 6.18 Å². The maximum absolute atomic E-state index is 12.4. The van der Waals surface area contributed by atoms with Crippen LogP contribution in [0.2, 0.25) is 0 Å². The van der Waals surface area contributed by atoms with Crippen LogP contribution in [0.4, 0.5) is 13.2 Å². The van der Waals surface area contributed by atoms with Crippen LogP contribution < -0.4 is 5.32 Å². The van der Waals surface area contributed by atoms with Gasteiger partial charge in [-0.25, -0.2) is 0 Å². The molecule has 1 rings (SSSR count). The minimum atomic E-state index is -4.30. The Balaban J connectivity index is 2.97. The number of hydrogen-bond donors (Lipinski definition) is 1. The molecule has 1 aliphatic heterocycles. The Morgan fingerprint density at radius 1 is 1.31 bits per heavy atom. The SMILES string of the molecule is CC1=NCCC(C)=C(C(F)(F)F)N1. The first-order chi connectivity index (χ1) is 5.91. The van der Waals surface area contributed by atoms with E-state index in [1.54, 1.807) is 0 Å². The molecule has 0 fully saturated rings. The van der Waals surface area contributed by atoms with Crippen molar-refractivity contribution in [3.63, 3.8) is 0 Å². The first kappa shape index (κ1) is 10.1. The lowest BCUT2D eigenvalue weighted by Crippen LogP contribution is -2.30. The van der Waals surface area contributed by atoms with Crippen LogP contribution in [0.1, 0.15) is 20.3 Å². The third-order valence-corrected chi connectivity index (χ3v) is 1.85. The van der Waals surface area contributed by atoms with E-state index in [1.165, 1.54) is 13.8 Å². The predicted octanol–water partition coefficient (Wildman–Crippen LogP) is 2.23. The molecule has 0 saturated carbocycles. The van der Waals surface area contributed by atoms with Gasteiger partial charge in [0.2, 0.25) is 0 Å². The van der Waals surface area contributed by atoms with Gasteiger partial charge in [-0.1, -0.05) is 0 Å². The number of hydrogen-bond acceptors (Lipinski definition) is 2. The molecule has 1 heterocycles. The second-order valence-electron chi connectivity index (χ2n) is 3.00. The van der Waals surface area contributed by atoms with Crippen molar-refractivity contribution in [3.05, 3.63) is 11.3 Å². The maximum atomic E-state index is 12.4. The Hall–Kier alpha value is -1.00. The van der Waals surface area contributed by atoms with Gasteiger partial charge in [-0.3, -0.25) is 4.99 Å². The van der Waals surface area contributed by atoms with E-state index in [0.29, 0.717) is 24.4 Å². The normalized spacial score (nSPS) is 19.3. The Morgan fingerprint density at radius 3 is 2.46 bits per heavy atom. The summed E-state index contributed by atoms with van der Waals surface area (Å²) in [5.41, 5.74) is -0.348. The van der Waals surface area contributed by atoms with Crippen LogP contribution >= 0.6 is 0 Å². The number of rotatable bonds is 0. The maximum Gasteiger partial charge on any atom is 0.431 e. The summed E-state index contributed by atoms with van der Waals surface area (Å²) in [6.45, 7) is 3.43. The standard InChI is InChI=1S/C8H11F3N2/c1-5-3-4-12-6(2)13-7(5)8(9,10)11/h3-4H2,1-2H3,(H,12,13). The van der Waals surface area contributed by atoms with Gasteiger partial charge in [-0.2, -0.15) is 13.2 Å². The zero-order valence-electron chi connectivity index (χ0n) is 7.50.